The molecule has 0 spiro atoms. The number of hydrogen-bond acceptors (Lipinski definition) is 3. The molecule has 0 saturated heterocycles. The molecule has 32 heavy (non-hydrogen) atoms. The zero-order valence-corrected chi connectivity index (χ0v) is 17.5. The van der Waals surface area contributed by atoms with Gasteiger partial charge in [0.15, 0.2) is 0 Å². The lowest BCUT2D eigenvalue weighted by Gasteiger charge is -2.15. The van der Waals surface area contributed by atoms with E-state index in [4.69, 9.17) is 4.74 Å². The molecular weight excluding hydrogens is 401 g/mol. The first-order chi connectivity index (χ1) is 15.7. The highest BCUT2D eigenvalue weighted by Gasteiger charge is 2.21. The zero-order valence-electron chi connectivity index (χ0n) is 17.5. The third-order valence-corrected chi connectivity index (χ3v) is 5.56. The summed E-state index contributed by atoms with van der Waals surface area (Å²) in [5.41, 5.74) is 4.98. The molecule has 0 bridgehead atoms. The second kappa shape index (κ2) is 8.23. The van der Waals surface area contributed by atoms with Gasteiger partial charge in [-0.15, -0.1) is 0 Å². The van der Waals surface area contributed by atoms with Gasteiger partial charge in [-0.25, -0.2) is 14.2 Å². The summed E-state index contributed by atoms with van der Waals surface area (Å²) in [6.45, 7) is 1.99. The summed E-state index contributed by atoms with van der Waals surface area (Å²) in [6.07, 6.45) is 0. The standard InChI is InChI=1S/C28H20FNO2/c1-2-32-28(31)22-16-17-23(29)27-26(22)25(21-10-6-7-11-24(21)30-27)20-14-12-19(13-15-20)18-8-4-3-5-9-18/h3-17H,2H2,1H3. The summed E-state index contributed by atoms with van der Waals surface area (Å²) in [5.74, 6) is -0.960. The maximum atomic E-state index is 14.9. The lowest BCUT2D eigenvalue weighted by molar-refractivity contribution is 0.0528. The summed E-state index contributed by atoms with van der Waals surface area (Å²) in [7, 11) is 0. The van der Waals surface area contributed by atoms with Crippen LogP contribution in [0.5, 0.6) is 0 Å². The van der Waals surface area contributed by atoms with Crippen LogP contribution >= 0.6 is 0 Å². The Bertz CT molecular complexity index is 1440. The molecule has 0 aliphatic heterocycles. The lowest BCUT2D eigenvalue weighted by Crippen LogP contribution is -2.07. The molecule has 0 N–H and O–H groups in total. The van der Waals surface area contributed by atoms with E-state index in [2.05, 4.69) is 17.1 Å². The van der Waals surface area contributed by atoms with Crippen LogP contribution < -0.4 is 0 Å². The molecule has 3 nitrogen and oxygen atoms in total. The van der Waals surface area contributed by atoms with E-state index in [9.17, 15) is 9.18 Å². The van der Waals surface area contributed by atoms with Crippen molar-refractivity contribution in [2.45, 2.75) is 6.92 Å². The molecule has 0 amide bonds. The van der Waals surface area contributed by atoms with Gasteiger partial charge in [-0.2, -0.15) is 0 Å². The van der Waals surface area contributed by atoms with Crippen molar-refractivity contribution in [2.24, 2.45) is 0 Å². The van der Waals surface area contributed by atoms with Gasteiger partial charge in [-0.3, -0.25) is 0 Å². The Labute approximate surface area is 185 Å². The number of rotatable bonds is 4. The maximum Gasteiger partial charge on any atom is 0.338 e. The van der Waals surface area contributed by atoms with Crippen LogP contribution in [0.25, 0.3) is 44.1 Å². The van der Waals surface area contributed by atoms with Crippen molar-refractivity contribution in [3.8, 4) is 22.3 Å². The molecule has 1 aromatic heterocycles. The Kier molecular flexibility index (Phi) is 5.12. The number of pyridine rings is 1. The minimum absolute atomic E-state index is 0.163. The molecule has 0 aliphatic rings. The van der Waals surface area contributed by atoms with Crippen molar-refractivity contribution < 1.29 is 13.9 Å². The van der Waals surface area contributed by atoms with E-state index in [-0.39, 0.29) is 12.1 Å². The summed E-state index contributed by atoms with van der Waals surface area (Å²) < 4.78 is 20.2. The number of ether oxygens (including phenoxy) is 1. The molecule has 5 rings (SSSR count). The maximum absolute atomic E-state index is 14.9. The van der Waals surface area contributed by atoms with E-state index >= 15 is 0 Å². The summed E-state index contributed by atoms with van der Waals surface area (Å²) in [6, 6.07) is 28.5. The Morgan fingerprint density at radius 2 is 1.47 bits per heavy atom. The highest BCUT2D eigenvalue weighted by atomic mass is 19.1. The average Bonchev–Trinajstić information content (AvgIpc) is 2.84. The first-order valence-corrected chi connectivity index (χ1v) is 10.5. The highest BCUT2D eigenvalue weighted by Crippen LogP contribution is 2.38. The predicted molar refractivity (Wildman–Crippen MR) is 126 cm³/mol. The smallest absolute Gasteiger partial charge is 0.338 e. The van der Waals surface area contributed by atoms with Gasteiger partial charge in [0, 0.05) is 16.3 Å². The van der Waals surface area contributed by atoms with Crippen LogP contribution in [0.4, 0.5) is 4.39 Å². The van der Waals surface area contributed by atoms with Gasteiger partial charge in [0.2, 0.25) is 0 Å². The van der Waals surface area contributed by atoms with Crippen LogP contribution in [0.3, 0.4) is 0 Å². The van der Waals surface area contributed by atoms with Gasteiger partial charge < -0.3 is 4.74 Å². The van der Waals surface area contributed by atoms with Crippen molar-refractivity contribution >= 4 is 27.8 Å². The fourth-order valence-corrected chi connectivity index (χ4v) is 4.10. The second-order valence-corrected chi connectivity index (χ2v) is 7.49. The number of halogens is 1. The Morgan fingerprint density at radius 1 is 0.812 bits per heavy atom. The van der Waals surface area contributed by atoms with E-state index in [0.29, 0.717) is 16.5 Å². The number of fused-ring (bicyclic) bond motifs is 2. The monoisotopic (exact) mass is 421 g/mol. The Morgan fingerprint density at radius 3 is 2.22 bits per heavy atom. The summed E-state index contributed by atoms with van der Waals surface area (Å²) in [5, 5.41) is 1.32. The SMILES string of the molecule is CCOC(=O)c1ccc(F)c2nc3ccccc3c(-c3ccc(-c4ccccc4)cc3)c12. The van der Waals surface area contributed by atoms with Crippen LogP contribution in [0.1, 0.15) is 17.3 Å². The number of carbonyl (C=O) groups excluding carboxylic acids is 1. The van der Waals surface area contributed by atoms with Gasteiger partial charge in [0.25, 0.3) is 0 Å². The molecule has 1 heterocycles. The topological polar surface area (TPSA) is 39.2 Å². The van der Waals surface area contributed by atoms with Crippen molar-refractivity contribution in [3.63, 3.8) is 0 Å². The third kappa shape index (κ3) is 3.40. The molecule has 0 atom stereocenters. The van der Waals surface area contributed by atoms with Gasteiger partial charge in [-0.1, -0.05) is 72.8 Å². The van der Waals surface area contributed by atoms with Crippen molar-refractivity contribution in [1.82, 2.24) is 4.98 Å². The van der Waals surface area contributed by atoms with E-state index in [1.54, 1.807) is 6.92 Å². The molecular formula is C28H20FNO2. The first-order valence-electron chi connectivity index (χ1n) is 10.5. The fourth-order valence-electron chi connectivity index (χ4n) is 4.10. The number of esters is 1. The number of hydrogen-bond donors (Lipinski definition) is 0. The van der Waals surface area contributed by atoms with Gasteiger partial charge in [0.1, 0.15) is 11.3 Å². The van der Waals surface area contributed by atoms with Gasteiger partial charge >= 0.3 is 5.97 Å². The molecule has 0 aliphatic carbocycles. The number of aromatic nitrogens is 1. The molecule has 4 aromatic carbocycles. The molecule has 0 unspecified atom stereocenters. The van der Waals surface area contributed by atoms with Crippen LogP contribution in [0.2, 0.25) is 0 Å². The normalized spacial score (nSPS) is 11.1. The first kappa shape index (κ1) is 19.9. The van der Waals surface area contributed by atoms with Crippen LogP contribution in [-0.2, 0) is 4.74 Å². The highest BCUT2D eigenvalue weighted by molar-refractivity contribution is 6.16. The van der Waals surface area contributed by atoms with E-state index in [1.165, 1.54) is 12.1 Å². The number of para-hydroxylation sites is 1. The van der Waals surface area contributed by atoms with E-state index < -0.39 is 11.8 Å². The Hall–Kier alpha value is -4.05. The van der Waals surface area contributed by atoms with Crippen molar-refractivity contribution in [2.75, 3.05) is 6.61 Å². The largest absolute Gasteiger partial charge is 0.462 e. The van der Waals surface area contributed by atoms with Crippen LogP contribution in [-0.4, -0.2) is 17.6 Å². The predicted octanol–water partition coefficient (Wildman–Crippen LogP) is 7.04. The molecule has 0 fully saturated rings. The van der Waals surface area contributed by atoms with Gasteiger partial charge in [0.05, 0.1) is 17.7 Å². The van der Waals surface area contributed by atoms with Crippen LogP contribution in [0, 0.1) is 5.82 Å². The quantitative estimate of drug-likeness (QED) is 0.231. The zero-order chi connectivity index (χ0) is 22.1. The molecule has 4 heteroatoms. The number of benzene rings is 4. The van der Waals surface area contributed by atoms with E-state index in [0.717, 1.165) is 27.6 Å². The minimum Gasteiger partial charge on any atom is -0.462 e. The fraction of sp³-hybridized carbons (Fsp3) is 0.0714. The summed E-state index contributed by atoms with van der Waals surface area (Å²) >= 11 is 0. The van der Waals surface area contributed by atoms with Crippen LogP contribution in [0.15, 0.2) is 91.0 Å². The number of carbonyl (C=O) groups is 1. The third-order valence-electron chi connectivity index (χ3n) is 5.56. The lowest BCUT2D eigenvalue weighted by atomic mass is 9.92. The second-order valence-electron chi connectivity index (χ2n) is 7.49. The Balaban J connectivity index is 1.82. The average molecular weight is 421 g/mol. The molecule has 156 valence electrons. The molecule has 0 saturated carbocycles. The minimum atomic E-state index is -0.489. The van der Waals surface area contributed by atoms with Crippen molar-refractivity contribution in [1.29, 1.82) is 0 Å². The van der Waals surface area contributed by atoms with E-state index in [1.807, 2.05) is 66.7 Å². The number of nitrogens with zero attached hydrogens (tertiary/aromatic N) is 1. The van der Waals surface area contributed by atoms with Gasteiger partial charge in [-0.05, 0) is 41.8 Å². The van der Waals surface area contributed by atoms with Crippen molar-refractivity contribution in [3.05, 3.63) is 102 Å². The molecule has 5 aromatic rings. The summed E-state index contributed by atoms with van der Waals surface area (Å²) in [4.78, 5) is 17.3. The molecule has 0 radical (unpaired) electrons.